The van der Waals surface area contributed by atoms with Gasteiger partial charge in [-0.2, -0.15) is 10.2 Å². The molecule has 32 heteroatoms. The van der Waals surface area contributed by atoms with Gasteiger partial charge in [0.05, 0.1) is 63.7 Å². The lowest BCUT2D eigenvalue weighted by Crippen LogP contribution is -2.39. The van der Waals surface area contributed by atoms with Crippen molar-refractivity contribution in [1.29, 1.82) is 0 Å². The molecule has 304 valence electrons. The second kappa shape index (κ2) is 16.8. The van der Waals surface area contributed by atoms with Gasteiger partial charge in [-0.25, -0.2) is 0 Å². The van der Waals surface area contributed by atoms with Gasteiger partial charge in [0.1, 0.15) is 39.2 Å². The average Bonchev–Trinajstić information content (AvgIpc) is 3.19. The van der Waals surface area contributed by atoms with Crippen molar-refractivity contribution in [1.82, 2.24) is 0 Å². The molecule has 0 fully saturated rings. The van der Waals surface area contributed by atoms with Crippen LogP contribution in [0, 0.1) is 80.9 Å². The van der Waals surface area contributed by atoms with Crippen LogP contribution in [0.15, 0.2) is 93.2 Å². The fourth-order valence-electron chi connectivity index (χ4n) is 4.80. The van der Waals surface area contributed by atoms with Gasteiger partial charge in [-0.1, -0.05) is 0 Å². The van der Waals surface area contributed by atoms with E-state index in [1.54, 1.807) is 0 Å². The number of nitro groups is 8. The first-order valence-electron chi connectivity index (χ1n) is 15.5. The normalized spacial score (nSPS) is 11.5. The molecule has 60 heavy (non-hydrogen) atoms. The van der Waals surface area contributed by atoms with Crippen molar-refractivity contribution in [3.63, 3.8) is 0 Å². The van der Waals surface area contributed by atoms with E-state index in [-0.39, 0.29) is 0 Å². The summed E-state index contributed by atoms with van der Waals surface area (Å²) in [6.45, 7) is 0. The Labute approximate surface area is 325 Å². The summed E-state index contributed by atoms with van der Waals surface area (Å²) in [4.78, 5) is 84.5. The fourth-order valence-corrected chi connectivity index (χ4v) is 4.80. The quantitative estimate of drug-likeness (QED) is 0.0507. The number of nitrogens with zero attached hydrogens (tertiary/aromatic N) is 12. The molecule has 0 aromatic heterocycles. The number of rotatable bonds is 17. The molecule has 32 nitrogen and oxygen atoms in total. The highest BCUT2D eigenvalue weighted by atomic mass is 16.7. The Kier molecular flexibility index (Phi) is 11.5. The molecule has 0 bridgehead atoms. The Morgan fingerprint density at radius 1 is 0.383 bits per heavy atom. The first-order valence-corrected chi connectivity index (χ1v) is 15.5. The predicted octanol–water partition coefficient (Wildman–Crippen LogP) is 5.54. The van der Waals surface area contributed by atoms with Crippen LogP contribution in [-0.4, -0.2) is 39.4 Å². The summed E-state index contributed by atoms with van der Waals surface area (Å²) in [6, 6.07) is 9.24. The molecular weight excluding hydrogens is 816 g/mol. The maximum absolute atomic E-state index is 11.8. The van der Waals surface area contributed by atoms with Crippen molar-refractivity contribution in [3.05, 3.63) is 164 Å². The molecule has 0 atom stereocenters. The smallest absolute Gasteiger partial charge is 0.296 e. The summed E-state index contributed by atoms with van der Waals surface area (Å²) < 4.78 is 0. The fraction of sp³-hybridized carbons (Fsp3) is 0. The third-order valence-electron chi connectivity index (χ3n) is 7.61. The number of hydrazine groups is 1. The zero-order chi connectivity index (χ0) is 44.0. The minimum absolute atomic E-state index is 0.438. The maximum Gasteiger partial charge on any atom is 0.303 e. The minimum atomic E-state index is -1.04. The lowest BCUT2D eigenvalue weighted by molar-refractivity contribution is -0.393. The zero-order valence-corrected chi connectivity index (χ0v) is 28.8. The maximum atomic E-state index is 11.8. The average molecular weight is 833 g/mol. The van der Waals surface area contributed by atoms with E-state index in [0.29, 0.717) is 24.3 Å². The summed E-state index contributed by atoms with van der Waals surface area (Å²) in [5.41, 5.74) is 0.0382. The Morgan fingerprint density at radius 2 is 0.750 bits per heavy atom. The number of nitrogens with one attached hydrogen (secondary N) is 4. The highest BCUT2D eigenvalue weighted by molar-refractivity contribution is 5.75. The summed E-state index contributed by atoms with van der Waals surface area (Å²) >= 11 is 0. The van der Waals surface area contributed by atoms with Gasteiger partial charge in [0.2, 0.25) is 0 Å². The van der Waals surface area contributed by atoms with Crippen LogP contribution in [0.2, 0.25) is 0 Å². The third-order valence-corrected chi connectivity index (χ3v) is 7.61. The summed E-state index contributed by atoms with van der Waals surface area (Å²) in [6.07, 6.45) is 0. The van der Waals surface area contributed by atoms with E-state index in [1.165, 1.54) is 0 Å². The molecule has 4 N–H and O–H groups in total. The topological polar surface area (TPSA) is 443 Å². The number of non-ortho nitro benzene ring substituents is 4. The third kappa shape index (κ3) is 8.75. The van der Waals surface area contributed by atoms with Gasteiger partial charge in [-0.15, -0.1) is 10.2 Å². The number of benzene rings is 4. The van der Waals surface area contributed by atoms with E-state index in [0.717, 1.165) is 48.5 Å². The monoisotopic (exact) mass is 832 g/mol. The lowest BCUT2D eigenvalue weighted by Gasteiger charge is -2.16. The number of anilines is 4. The van der Waals surface area contributed by atoms with Gasteiger partial charge >= 0.3 is 22.7 Å². The van der Waals surface area contributed by atoms with Gasteiger partial charge in [0, 0.05) is 24.3 Å². The van der Waals surface area contributed by atoms with Crippen molar-refractivity contribution in [3.8, 4) is 0 Å². The first-order chi connectivity index (χ1) is 28.4. The largest absolute Gasteiger partial charge is 0.303 e. The molecule has 5 rings (SSSR count). The number of hydrogen-bond acceptors (Lipinski definition) is 24. The van der Waals surface area contributed by atoms with E-state index in [2.05, 4.69) is 42.1 Å². The van der Waals surface area contributed by atoms with Crippen LogP contribution in [0.3, 0.4) is 0 Å². The molecule has 0 unspecified atom stereocenters. The van der Waals surface area contributed by atoms with E-state index in [1.807, 2.05) is 0 Å². The molecule has 0 saturated carbocycles. The van der Waals surface area contributed by atoms with Crippen molar-refractivity contribution in [2.45, 2.75) is 0 Å². The molecule has 0 aliphatic heterocycles. The first kappa shape index (κ1) is 41.1. The Morgan fingerprint density at radius 3 is 1.17 bits per heavy atom. The standard InChI is InChI=1S/C28H16N16O16/c45-37(46)13-1-5-17(21(9-13)41(53)54)29-33-25-26(34-30-18-6-2-14(38(47)48)10-22(18)42(55)56)28(36-32-20-8-4-16(40(51)52)12-24(20)44(59)60)27(25)35-31-19-7-3-15(39(49)50)11-23(19)43(57)58/h1-12,29-31,34H/b33-25-,35-27-,36-32?. The van der Waals surface area contributed by atoms with Crippen molar-refractivity contribution in [2.75, 3.05) is 21.7 Å². The van der Waals surface area contributed by atoms with Gasteiger partial charge in [0.15, 0.2) is 5.69 Å². The highest BCUT2D eigenvalue weighted by Gasteiger charge is 2.26. The van der Waals surface area contributed by atoms with Gasteiger partial charge in [-0.3, -0.25) is 103 Å². The second-order valence-electron chi connectivity index (χ2n) is 11.2. The van der Waals surface area contributed by atoms with Crippen molar-refractivity contribution in [2.24, 2.45) is 20.4 Å². The van der Waals surface area contributed by atoms with E-state index >= 15 is 0 Å². The van der Waals surface area contributed by atoms with Crippen LogP contribution < -0.4 is 32.4 Å². The molecule has 5 aromatic carbocycles. The van der Waals surface area contributed by atoms with Crippen LogP contribution in [0.4, 0.5) is 79.6 Å². The Hall–Kier alpha value is -10.0. The zero-order valence-electron chi connectivity index (χ0n) is 28.8. The van der Waals surface area contributed by atoms with Crippen LogP contribution in [-0.2, 0) is 0 Å². The number of nitro benzene ring substituents is 8. The van der Waals surface area contributed by atoms with Crippen molar-refractivity contribution >= 4 is 79.6 Å². The highest BCUT2D eigenvalue weighted by Crippen LogP contribution is 2.35. The van der Waals surface area contributed by atoms with E-state index in [4.69, 9.17) is 0 Å². The summed E-state index contributed by atoms with van der Waals surface area (Å²) in [7, 11) is 0. The molecular formula is C28H16N16O16. The van der Waals surface area contributed by atoms with Crippen molar-refractivity contribution < 1.29 is 39.4 Å². The van der Waals surface area contributed by atoms with E-state index in [9.17, 15) is 80.9 Å². The number of azo groups is 1. The molecule has 0 aliphatic carbocycles. The SMILES string of the molecule is O=[N+]([O-])c1ccc(N=Nc2c(NNc3ccc([N+](=O)[O-])cc3[N+](=O)[O-])c(=N/Nc3ccc([N+](=O)[O-])cc3[N+](=O)[O-])/c2=N/Nc2ccc([N+](=O)[O-])cc2[N+](=O)[O-])c([N+](=O)[O-])c1. The van der Waals surface area contributed by atoms with Gasteiger partial charge in [-0.05, 0) is 24.3 Å². The van der Waals surface area contributed by atoms with Crippen LogP contribution in [0.5, 0.6) is 0 Å². The molecule has 0 aliphatic rings. The predicted molar refractivity (Wildman–Crippen MR) is 198 cm³/mol. The molecule has 0 radical (unpaired) electrons. The summed E-state index contributed by atoms with van der Waals surface area (Å²) in [5, 5.41) is 107. The van der Waals surface area contributed by atoms with Gasteiger partial charge < -0.3 is 0 Å². The Balaban J connectivity index is 1.76. The lowest BCUT2D eigenvalue weighted by atomic mass is 10.2. The van der Waals surface area contributed by atoms with Crippen LogP contribution in [0.1, 0.15) is 0 Å². The molecule has 0 spiro atoms. The molecule has 0 heterocycles. The molecule has 5 aromatic rings. The molecule has 0 amide bonds. The van der Waals surface area contributed by atoms with Gasteiger partial charge in [0.25, 0.3) is 22.7 Å². The number of hydrogen-bond donors (Lipinski definition) is 4. The Bertz CT molecular complexity index is 2830. The van der Waals surface area contributed by atoms with Crippen LogP contribution in [0.25, 0.3) is 0 Å². The second-order valence-corrected chi connectivity index (χ2v) is 11.2. The van der Waals surface area contributed by atoms with E-state index < -0.39 is 130 Å². The summed E-state index contributed by atoms with van der Waals surface area (Å²) in [5.74, 6) is 0. The van der Waals surface area contributed by atoms with Crippen LogP contribution >= 0.6 is 0 Å². The minimum Gasteiger partial charge on any atom is -0.296 e. The molecule has 0 saturated heterocycles.